The van der Waals surface area contributed by atoms with Crippen LogP contribution in [0, 0.1) is 0 Å². The summed E-state index contributed by atoms with van der Waals surface area (Å²) in [6.45, 7) is 2.79. The van der Waals surface area contributed by atoms with Crippen LogP contribution in [0.4, 0.5) is 0 Å². The fourth-order valence-electron chi connectivity index (χ4n) is 2.86. The second-order valence-electron chi connectivity index (χ2n) is 6.27. The van der Waals surface area contributed by atoms with Crippen LogP contribution in [-0.4, -0.2) is 33.3 Å². The van der Waals surface area contributed by atoms with Crippen LogP contribution in [-0.2, 0) is 15.6 Å². The molecule has 6 nitrogen and oxygen atoms in total. The van der Waals surface area contributed by atoms with Gasteiger partial charge in [-0.25, -0.2) is 13.1 Å². The smallest absolute Gasteiger partial charge is 0.240 e. The maximum atomic E-state index is 12.6. The molecule has 1 unspecified atom stereocenters. The fraction of sp³-hybridized carbons (Fsp3) is 0.368. The van der Waals surface area contributed by atoms with Crippen molar-refractivity contribution in [2.24, 2.45) is 0 Å². The number of para-hydroxylation sites is 1. The summed E-state index contributed by atoms with van der Waals surface area (Å²) in [4.78, 5) is 0.130. The van der Waals surface area contributed by atoms with Gasteiger partial charge in [0.15, 0.2) is 0 Å². The van der Waals surface area contributed by atoms with Crippen molar-refractivity contribution in [2.45, 2.75) is 30.3 Å². The number of hydrogen-bond donors (Lipinski definition) is 2. The lowest BCUT2D eigenvalue weighted by atomic mass is 9.88. The third-order valence-corrected chi connectivity index (χ3v) is 5.74. The molecular weight excluding hydrogens is 354 g/mol. The van der Waals surface area contributed by atoms with Crippen LogP contribution in [0.5, 0.6) is 11.5 Å². The van der Waals surface area contributed by atoms with Crippen molar-refractivity contribution in [1.82, 2.24) is 4.72 Å². The van der Waals surface area contributed by atoms with Crippen molar-refractivity contribution in [3.05, 3.63) is 54.1 Å². The van der Waals surface area contributed by atoms with Crippen LogP contribution in [0.3, 0.4) is 0 Å². The van der Waals surface area contributed by atoms with E-state index in [1.54, 1.807) is 30.3 Å². The lowest BCUT2D eigenvalue weighted by Crippen LogP contribution is -2.43. The molecule has 0 spiro atoms. The third-order valence-electron chi connectivity index (χ3n) is 4.32. The zero-order valence-corrected chi connectivity index (χ0v) is 15.5. The highest BCUT2D eigenvalue weighted by Crippen LogP contribution is 2.36. The molecule has 2 N–H and O–H groups in total. The largest absolute Gasteiger partial charge is 0.494 e. The Morgan fingerprint density at radius 1 is 1.19 bits per heavy atom. The summed E-state index contributed by atoms with van der Waals surface area (Å²) in [7, 11) is -3.74. The SMILES string of the molecule is CCCOc1ccc(S(=O)(=O)NCC2(O)CCOc3ccccc32)cc1. The number of sulfonamides is 1. The molecule has 7 heteroatoms. The first kappa shape index (κ1) is 18.7. The van der Waals surface area contributed by atoms with Crippen molar-refractivity contribution in [1.29, 1.82) is 0 Å². The second kappa shape index (κ2) is 7.65. The lowest BCUT2D eigenvalue weighted by Gasteiger charge is -2.34. The summed E-state index contributed by atoms with van der Waals surface area (Å²) >= 11 is 0. The molecule has 0 amide bonds. The van der Waals surface area contributed by atoms with E-state index in [0.29, 0.717) is 36.7 Å². The molecule has 0 aromatic heterocycles. The topological polar surface area (TPSA) is 84.9 Å². The summed E-state index contributed by atoms with van der Waals surface area (Å²) in [5.41, 5.74) is -0.705. The summed E-state index contributed by atoms with van der Waals surface area (Å²) in [5, 5.41) is 10.9. The monoisotopic (exact) mass is 377 g/mol. The molecule has 2 aromatic carbocycles. The molecule has 0 bridgehead atoms. The molecule has 140 valence electrons. The average Bonchev–Trinajstić information content (AvgIpc) is 2.66. The molecule has 0 aliphatic carbocycles. The van der Waals surface area contributed by atoms with E-state index in [1.807, 2.05) is 13.0 Å². The molecule has 1 heterocycles. The number of benzene rings is 2. The number of fused-ring (bicyclic) bond motifs is 1. The number of nitrogens with one attached hydrogen (secondary N) is 1. The predicted molar refractivity (Wildman–Crippen MR) is 97.9 cm³/mol. The van der Waals surface area contributed by atoms with Crippen LogP contribution in [0.15, 0.2) is 53.4 Å². The summed E-state index contributed by atoms with van der Waals surface area (Å²) < 4.78 is 38.6. The Morgan fingerprint density at radius 2 is 1.92 bits per heavy atom. The Hall–Kier alpha value is -2.09. The Bertz CT molecular complexity index is 850. The second-order valence-corrected chi connectivity index (χ2v) is 8.04. The minimum atomic E-state index is -3.74. The van der Waals surface area contributed by atoms with Crippen molar-refractivity contribution in [2.75, 3.05) is 19.8 Å². The standard InChI is InChI=1S/C19H23NO5S/c1-2-12-24-15-7-9-16(10-8-15)26(22,23)20-14-19(21)11-13-25-18-6-4-3-5-17(18)19/h3-10,20-21H,2,11-14H2,1H3. The van der Waals surface area contributed by atoms with Crippen LogP contribution in [0.2, 0.25) is 0 Å². The Balaban J connectivity index is 1.72. The summed E-state index contributed by atoms with van der Waals surface area (Å²) in [6, 6.07) is 13.4. The predicted octanol–water partition coefficient (Wildman–Crippen LogP) is 2.42. The molecule has 3 rings (SSSR count). The molecule has 26 heavy (non-hydrogen) atoms. The van der Waals surface area contributed by atoms with Crippen LogP contribution >= 0.6 is 0 Å². The molecule has 1 aliphatic heterocycles. The number of ether oxygens (including phenoxy) is 2. The molecule has 2 aromatic rings. The van der Waals surface area contributed by atoms with Gasteiger partial charge in [-0.2, -0.15) is 0 Å². The van der Waals surface area contributed by atoms with E-state index in [-0.39, 0.29) is 11.4 Å². The van der Waals surface area contributed by atoms with Gasteiger partial charge in [0.25, 0.3) is 0 Å². The van der Waals surface area contributed by atoms with E-state index in [2.05, 4.69) is 4.72 Å². The van der Waals surface area contributed by atoms with Gasteiger partial charge in [-0.3, -0.25) is 0 Å². The Kier molecular flexibility index (Phi) is 5.50. The normalized spacial score (nSPS) is 19.5. The van der Waals surface area contributed by atoms with Gasteiger partial charge in [0, 0.05) is 18.5 Å². The maximum absolute atomic E-state index is 12.6. The average molecular weight is 377 g/mol. The molecule has 0 saturated carbocycles. The van der Waals surface area contributed by atoms with Gasteiger partial charge in [0.1, 0.15) is 17.1 Å². The highest BCUT2D eigenvalue weighted by Gasteiger charge is 2.36. The first-order valence-electron chi connectivity index (χ1n) is 8.62. The number of aliphatic hydroxyl groups is 1. The number of hydrogen-bond acceptors (Lipinski definition) is 5. The van der Waals surface area contributed by atoms with E-state index in [0.717, 1.165) is 6.42 Å². The van der Waals surface area contributed by atoms with Gasteiger partial charge in [0.05, 0.1) is 18.1 Å². The first-order valence-corrected chi connectivity index (χ1v) is 10.1. The minimum absolute atomic E-state index is 0.121. The van der Waals surface area contributed by atoms with E-state index in [4.69, 9.17) is 9.47 Å². The van der Waals surface area contributed by atoms with E-state index >= 15 is 0 Å². The minimum Gasteiger partial charge on any atom is -0.494 e. The molecule has 0 saturated heterocycles. The van der Waals surface area contributed by atoms with E-state index < -0.39 is 15.6 Å². The van der Waals surface area contributed by atoms with Gasteiger partial charge in [-0.1, -0.05) is 25.1 Å². The molecular formula is C19H23NO5S. The first-order chi connectivity index (χ1) is 12.4. The zero-order valence-electron chi connectivity index (χ0n) is 14.6. The lowest BCUT2D eigenvalue weighted by molar-refractivity contribution is 0.00219. The van der Waals surface area contributed by atoms with E-state index in [1.165, 1.54) is 12.1 Å². The Labute approximate surface area is 153 Å². The third kappa shape index (κ3) is 4.00. The van der Waals surface area contributed by atoms with Gasteiger partial charge in [-0.05, 0) is 36.8 Å². The highest BCUT2D eigenvalue weighted by molar-refractivity contribution is 7.89. The molecule has 0 radical (unpaired) electrons. The van der Waals surface area contributed by atoms with Crippen molar-refractivity contribution < 1.29 is 23.0 Å². The Morgan fingerprint density at radius 3 is 2.65 bits per heavy atom. The molecule has 1 atom stereocenters. The fourth-order valence-corrected chi connectivity index (χ4v) is 3.95. The van der Waals surface area contributed by atoms with Crippen molar-refractivity contribution in [3.63, 3.8) is 0 Å². The van der Waals surface area contributed by atoms with Crippen molar-refractivity contribution >= 4 is 10.0 Å². The van der Waals surface area contributed by atoms with Crippen LogP contribution in [0.25, 0.3) is 0 Å². The molecule has 1 aliphatic rings. The van der Waals surface area contributed by atoms with Gasteiger partial charge < -0.3 is 14.6 Å². The molecule has 0 fully saturated rings. The number of rotatable bonds is 7. The summed E-state index contributed by atoms with van der Waals surface area (Å²) in [6.07, 6.45) is 1.20. The summed E-state index contributed by atoms with van der Waals surface area (Å²) in [5.74, 6) is 1.21. The van der Waals surface area contributed by atoms with Gasteiger partial charge in [-0.15, -0.1) is 0 Å². The van der Waals surface area contributed by atoms with E-state index in [9.17, 15) is 13.5 Å². The van der Waals surface area contributed by atoms with Crippen LogP contribution in [0.1, 0.15) is 25.3 Å². The maximum Gasteiger partial charge on any atom is 0.240 e. The zero-order chi connectivity index (χ0) is 18.6. The van der Waals surface area contributed by atoms with Gasteiger partial charge >= 0.3 is 0 Å². The highest BCUT2D eigenvalue weighted by atomic mass is 32.2. The van der Waals surface area contributed by atoms with Crippen molar-refractivity contribution in [3.8, 4) is 11.5 Å². The van der Waals surface area contributed by atoms with Gasteiger partial charge in [0.2, 0.25) is 10.0 Å². The van der Waals surface area contributed by atoms with Crippen LogP contribution < -0.4 is 14.2 Å². The quantitative estimate of drug-likeness (QED) is 0.774.